The number of benzene rings is 1. The first-order chi connectivity index (χ1) is 13.7. The molecule has 0 saturated carbocycles. The van der Waals surface area contributed by atoms with Gasteiger partial charge in [0.05, 0.1) is 16.2 Å². The van der Waals surface area contributed by atoms with Gasteiger partial charge in [-0.25, -0.2) is 9.69 Å². The number of carbonyl (C=O) groups excluding carboxylic acids is 3. The second kappa shape index (κ2) is 8.58. The molecule has 1 aromatic rings. The quantitative estimate of drug-likeness (QED) is 0.472. The van der Waals surface area contributed by atoms with Crippen LogP contribution in [0.5, 0.6) is 0 Å². The molecule has 0 unspecified atom stereocenters. The molecule has 3 rings (SSSR count). The van der Waals surface area contributed by atoms with Gasteiger partial charge in [-0.15, -0.1) is 0 Å². The summed E-state index contributed by atoms with van der Waals surface area (Å²) in [6.07, 6.45) is 2.06. The van der Waals surface area contributed by atoms with Gasteiger partial charge in [-0.3, -0.25) is 19.3 Å². The van der Waals surface area contributed by atoms with Gasteiger partial charge in [-0.2, -0.15) is 11.8 Å². The Morgan fingerprint density at radius 3 is 2.59 bits per heavy atom. The molecule has 0 aliphatic carbocycles. The third kappa shape index (κ3) is 3.88. The van der Waals surface area contributed by atoms with Gasteiger partial charge < -0.3 is 5.11 Å². The molecule has 1 N–H and O–H groups in total. The maximum atomic E-state index is 13.2. The summed E-state index contributed by atoms with van der Waals surface area (Å²) in [4.78, 5) is 52.1. The Hall–Kier alpha value is -1.69. The van der Waals surface area contributed by atoms with Crippen LogP contribution in [0.4, 0.5) is 5.69 Å². The van der Waals surface area contributed by atoms with Gasteiger partial charge in [0.15, 0.2) is 0 Å². The van der Waals surface area contributed by atoms with Crippen molar-refractivity contribution in [1.29, 1.82) is 0 Å². The van der Waals surface area contributed by atoms with Crippen LogP contribution in [0, 0.1) is 0 Å². The van der Waals surface area contributed by atoms with E-state index in [0.29, 0.717) is 21.5 Å². The molecule has 3 amide bonds. The number of carboxylic acid groups (broad SMARTS) is 1. The molecule has 2 aliphatic heterocycles. The number of hydrogen-bond donors (Lipinski definition) is 1. The highest BCUT2D eigenvalue weighted by Gasteiger charge is 2.46. The van der Waals surface area contributed by atoms with Gasteiger partial charge in [0.2, 0.25) is 5.91 Å². The Morgan fingerprint density at radius 2 is 2.00 bits per heavy atom. The van der Waals surface area contributed by atoms with Crippen LogP contribution >= 0.6 is 51.7 Å². The van der Waals surface area contributed by atoms with Crippen LogP contribution < -0.4 is 4.90 Å². The van der Waals surface area contributed by atoms with E-state index in [4.69, 9.17) is 12.2 Å². The van der Waals surface area contributed by atoms with Crippen LogP contribution in [-0.4, -0.2) is 56.1 Å². The zero-order chi connectivity index (χ0) is 21.5. The van der Waals surface area contributed by atoms with Crippen molar-refractivity contribution in [2.45, 2.75) is 19.4 Å². The molecule has 0 spiro atoms. The molecule has 1 saturated heterocycles. The molecule has 7 nitrogen and oxygen atoms in total. The molecular formula is C18H15BrN2O5S3. The van der Waals surface area contributed by atoms with Crippen molar-refractivity contribution in [3.8, 4) is 0 Å². The average molecular weight is 515 g/mol. The number of amides is 3. The number of aliphatic carboxylic acids is 1. The standard InChI is InChI=1S/C18H15BrN2O5S3/c1-8(22)20-11-4-3-9(19)7-10(11)13(15(20)23)14-16(24)21(18(27)29-14)12(17(25)26)5-6-28-2/h3-4,7,12H,5-6H2,1-2H3,(H,25,26)/b14-13-/t12-/m1/s1. The number of carbonyl (C=O) groups is 4. The van der Waals surface area contributed by atoms with E-state index in [1.807, 2.05) is 6.26 Å². The lowest BCUT2D eigenvalue weighted by Gasteiger charge is -2.22. The lowest BCUT2D eigenvalue weighted by molar-refractivity contribution is -0.145. The van der Waals surface area contributed by atoms with Crippen molar-refractivity contribution < 1.29 is 24.3 Å². The Morgan fingerprint density at radius 1 is 1.31 bits per heavy atom. The molecule has 1 aromatic carbocycles. The van der Waals surface area contributed by atoms with E-state index in [1.54, 1.807) is 18.2 Å². The Kier molecular flexibility index (Phi) is 6.51. The summed E-state index contributed by atoms with van der Waals surface area (Å²) in [6, 6.07) is 3.85. The molecule has 0 aromatic heterocycles. The summed E-state index contributed by atoms with van der Waals surface area (Å²) in [6.45, 7) is 1.26. The molecule has 2 heterocycles. The Bertz CT molecular complexity index is 994. The van der Waals surface area contributed by atoms with Crippen LogP contribution in [-0.2, 0) is 19.2 Å². The fourth-order valence-electron chi connectivity index (χ4n) is 3.16. The Labute approximate surface area is 189 Å². The van der Waals surface area contributed by atoms with E-state index in [-0.39, 0.29) is 21.2 Å². The fourth-order valence-corrected chi connectivity index (χ4v) is 5.41. The number of fused-ring (bicyclic) bond motifs is 1. The highest BCUT2D eigenvalue weighted by atomic mass is 79.9. The molecular weight excluding hydrogens is 500 g/mol. The number of hydrogen-bond acceptors (Lipinski definition) is 7. The number of rotatable bonds is 5. The minimum Gasteiger partial charge on any atom is -0.480 e. The fraction of sp³-hybridized carbons (Fsp3) is 0.278. The minimum atomic E-state index is -1.16. The first kappa shape index (κ1) is 22.0. The van der Waals surface area contributed by atoms with Gasteiger partial charge in [-0.1, -0.05) is 39.9 Å². The van der Waals surface area contributed by atoms with E-state index in [9.17, 15) is 24.3 Å². The number of nitrogens with zero attached hydrogens (tertiary/aromatic N) is 2. The molecule has 152 valence electrons. The summed E-state index contributed by atoms with van der Waals surface area (Å²) >= 11 is 11.0. The van der Waals surface area contributed by atoms with Crippen molar-refractivity contribution in [1.82, 2.24) is 4.90 Å². The third-order valence-corrected chi connectivity index (χ3v) is 6.96. The lowest BCUT2D eigenvalue weighted by atomic mass is 10.1. The van der Waals surface area contributed by atoms with Crippen molar-refractivity contribution in [2.75, 3.05) is 16.9 Å². The zero-order valence-electron chi connectivity index (χ0n) is 15.3. The normalized spacial score (nSPS) is 19.8. The van der Waals surface area contributed by atoms with Crippen molar-refractivity contribution in [3.05, 3.63) is 33.1 Å². The molecule has 1 fully saturated rings. The topological polar surface area (TPSA) is 95.0 Å². The smallest absolute Gasteiger partial charge is 0.326 e. The largest absolute Gasteiger partial charge is 0.480 e. The highest BCUT2D eigenvalue weighted by molar-refractivity contribution is 9.10. The van der Waals surface area contributed by atoms with Crippen LogP contribution in [0.25, 0.3) is 5.57 Å². The van der Waals surface area contributed by atoms with Gasteiger partial charge >= 0.3 is 5.97 Å². The maximum Gasteiger partial charge on any atom is 0.326 e. The first-order valence-electron chi connectivity index (χ1n) is 8.35. The number of anilines is 1. The van der Waals surface area contributed by atoms with E-state index in [0.717, 1.165) is 21.6 Å². The predicted octanol–water partition coefficient (Wildman–Crippen LogP) is 3.12. The second-order valence-electron chi connectivity index (χ2n) is 6.20. The summed E-state index contributed by atoms with van der Waals surface area (Å²) in [5, 5.41) is 9.59. The minimum absolute atomic E-state index is 0.0403. The number of halogens is 1. The van der Waals surface area contributed by atoms with E-state index >= 15 is 0 Å². The number of thiocarbonyl (C=S) groups is 1. The van der Waals surface area contributed by atoms with Crippen LogP contribution in [0.3, 0.4) is 0 Å². The molecule has 0 radical (unpaired) electrons. The van der Waals surface area contributed by atoms with Crippen molar-refractivity contribution >= 4 is 90.9 Å². The van der Waals surface area contributed by atoms with Crippen LogP contribution in [0.2, 0.25) is 0 Å². The highest BCUT2D eigenvalue weighted by Crippen LogP contribution is 2.46. The molecule has 2 aliphatic rings. The number of carboxylic acids is 1. The van der Waals surface area contributed by atoms with Gasteiger partial charge in [-0.05, 0) is 36.6 Å². The molecule has 0 bridgehead atoms. The zero-order valence-corrected chi connectivity index (χ0v) is 19.3. The van der Waals surface area contributed by atoms with Crippen LogP contribution in [0.1, 0.15) is 18.9 Å². The monoisotopic (exact) mass is 514 g/mol. The molecule has 29 heavy (non-hydrogen) atoms. The number of thioether (sulfide) groups is 2. The summed E-state index contributed by atoms with van der Waals surface area (Å²) in [5.41, 5.74) is 0.865. The summed E-state index contributed by atoms with van der Waals surface area (Å²) in [7, 11) is 0. The molecule has 1 atom stereocenters. The predicted molar refractivity (Wildman–Crippen MR) is 121 cm³/mol. The van der Waals surface area contributed by atoms with Gasteiger partial charge in [0.1, 0.15) is 10.4 Å². The third-order valence-electron chi connectivity index (χ3n) is 4.42. The Balaban J connectivity index is 2.12. The average Bonchev–Trinajstić information content (AvgIpc) is 3.08. The van der Waals surface area contributed by atoms with Crippen molar-refractivity contribution in [3.63, 3.8) is 0 Å². The van der Waals surface area contributed by atoms with Gasteiger partial charge in [0, 0.05) is 17.0 Å². The lowest BCUT2D eigenvalue weighted by Crippen LogP contribution is -2.44. The summed E-state index contributed by atoms with van der Waals surface area (Å²) in [5.74, 6) is -2.36. The van der Waals surface area contributed by atoms with E-state index < -0.39 is 29.7 Å². The molecule has 11 heteroatoms. The van der Waals surface area contributed by atoms with E-state index in [2.05, 4.69) is 15.9 Å². The maximum absolute atomic E-state index is 13.2. The van der Waals surface area contributed by atoms with Crippen LogP contribution in [0.15, 0.2) is 27.6 Å². The van der Waals surface area contributed by atoms with E-state index in [1.165, 1.54) is 18.7 Å². The number of imide groups is 1. The second-order valence-corrected chi connectivity index (χ2v) is 9.75. The van der Waals surface area contributed by atoms with Crippen molar-refractivity contribution in [2.24, 2.45) is 0 Å². The van der Waals surface area contributed by atoms with Gasteiger partial charge in [0.25, 0.3) is 11.8 Å². The first-order valence-corrected chi connectivity index (χ1v) is 11.8. The SMILES string of the molecule is CSCC[C@H](C(=O)O)N1C(=O)/C(=C2/C(=O)N(C(C)=O)c3ccc(Br)cc32)SC1=S. The summed E-state index contributed by atoms with van der Waals surface area (Å²) < 4.78 is 0.752.